The Morgan fingerprint density at radius 1 is 1.59 bits per heavy atom. The Balaban J connectivity index is 3.29. The molecule has 0 atom stereocenters. The Morgan fingerprint density at radius 3 is 2.71 bits per heavy atom. The van der Waals surface area contributed by atoms with Crippen molar-refractivity contribution in [1.29, 1.82) is 0 Å². The van der Waals surface area contributed by atoms with E-state index in [0.29, 0.717) is 0 Å². The molecule has 0 aromatic heterocycles. The summed E-state index contributed by atoms with van der Waals surface area (Å²) in [7, 11) is 0. The molecule has 17 heavy (non-hydrogen) atoms. The molecule has 1 rings (SSSR count). The summed E-state index contributed by atoms with van der Waals surface area (Å²) in [5, 5.41) is 10.7. The van der Waals surface area contributed by atoms with Crippen molar-refractivity contribution in [3.63, 3.8) is 0 Å². The number of nitro groups is 1. The number of rotatable bonds is 4. The quantitative estimate of drug-likeness (QED) is 0.362. The first kappa shape index (κ1) is 13.4. The predicted molar refractivity (Wildman–Crippen MR) is 58.6 cm³/mol. The van der Waals surface area contributed by atoms with Crippen molar-refractivity contribution >= 4 is 23.3 Å². The first-order chi connectivity index (χ1) is 8.01. The van der Waals surface area contributed by atoms with Crippen molar-refractivity contribution in [2.45, 2.75) is 12.8 Å². The van der Waals surface area contributed by atoms with Crippen molar-refractivity contribution in [2.24, 2.45) is 0 Å². The third-order valence-corrected chi connectivity index (χ3v) is 2.29. The Bertz CT molecular complexity index is 464. The standard InChI is InChI=1S/C10H9ClFNO4/c1-2-17-10(14)7-4-9(13(15)16)6(5-11)3-8(7)12/h3-4H,2,5H2,1H3. The smallest absolute Gasteiger partial charge is 0.341 e. The highest BCUT2D eigenvalue weighted by molar-refractivity contribution is 6.17. The molecule has 0 saturated carbocycles. The average Bonchev–Trinajstić information content (AvgIpc) is 2.28. The van der Waals surface area contributed by atoms with Crippen LogP contribution in [0.4, 0.5) is 10.1 Å². The molecule has 0 fully saturated rings. The van der Waals surface area contributed by atoms with Crippen LogP contribution in [-0.2, 0) is 10.6 Å². The zero-order valence-electron chi connectivity index (χ0n) is 8.91. The topological polar surface area (TPSA) is 69.4 Å². The van der Waals surface area contributed by atoms with Crippen LogP contribution in [-0.4, -0.2) is 17.5 Å². The Morgan fingerprint density at radius 2 is 2.24 bits per heavy atom. The van der Waals surface area contributed by atoms with Crippen molar-refractivity contribution in [3.8, 4) is 0 Å². The van der Waals surface area contributed by atoms with Gasteiger partial charge >= 0.3 is 5.97 Å². The second-order valence-electron chi connectivity index (χ2n) is 3.07. The number of ether oxygens (including phenoxy) is 1. The van der Waals surface area contributed by atoms with Gasteiger partial charge < -0.3 is 4.74 Å². The van der Waals surface area contributed by atoms with Gasteiger partial charge in [-0.3, -0.25) is 10.1 Å². The van der Waals surface area contributed by atoms with E-state index in [-0.39, 0.29) is 18.1 Å². The zero-order chi connectivity index (χ0) is 13.0. The maximum Gasteiger partial charge on any atom is 0.341 e. The molecule has 0 heterocycles. The van der Waals surface area contributed by atoms with Gasteiger partial charge in [0.05, 0.1) is 17.4 Å². The number of benzene rings is 1. The molecule has 1 aromatic rings. The number of nitrogens with zero attached hydrogens (tertiary/aromatic N) is 1. The van der Waals surface area contributed by atoms with Crippen molar-refractivity contribution in [3.05, 3.63) is 39.2 Å². The number of alkyl halides is 1. The first-order valence-electron chi connectivity index (χ1n) is 4.71. The highest BCUT2D eigenvalue weighted by atomic mass is 35.5. The van der Waals surface area contributed by atoms with Crippen LogP contribution in [0.25, 0.3) is 0 Å². The van der Waals surface area contributed by atoms with Gasteiger partial charge in [0.2, 0.25) is 0 Å². The van der Waals surface area contributed by atoms with Crippen LogP contribution < -0.4 is 0 Å². The van der Waals surface area contributed by atoms with E-state index in [0.717, 1.165) is 12.1 Å². The molecular weight excluding hydrogens is 253 g/mol. The van der Waals surface area contributed by atoms with Gasteiger partial charge in [-0.15, -0.1) is 11.6 Å². The highest BCUT2D eigenvalue weighted by Crippen LogP contribution is 2.25. The van der Waals surface area contributed by atoms with Gasteiger partial charge in [0.1, 0.15) is 11.4 Å². The summed E-state index contributed by atoms with van der Waals surface area (Å²) in [4.78, 5) is 21.3. The molecular formula is C10H9ClFNO4. The molecule has 0 aliphatic heterocycles. The summed E-state index contributed by atoms with van der Waals surface area (Å²) < 4.78 is 18.1. The molecule has 7 heteroatoms. The molecule has 0 aliphatic carbocycles. The molecule has 92 valence electrons. The molecule has 0 N–H and O–H groups in total. The highest BCUT2D eigenvalue weighted by Gasteiger charge is 2.22. The van der Waals surface area contributed by atoms with Crippen molar-refractivity contribution < 1.29 is 18.8 Å². The Kier molecular flexibility index (Phi) is 4.39. The summed E-state index contributed by atoms with van der Waals surface area (Å²) in [6.45, 7) is 1.61. The van der Waals surface area contributed by atoms with Crippen molar-refractivity contribution in [2.75, 3.05) is 6.61 Å². The van der Waals surface area contributed by atoms with E-state index in [2.05, 4.69) is 4.74 Å². The second kappa shape index (κ2) is 5.58. The number of esters is 1. The normalized spacial score (nSPS) is 10.1. The molecule has 0 unspecified atom stereocenters. The van der Waals surface area contributed by atoms with Gasteiger partial charge in [-0.05, 0) is 13.0 Å². The van der Waals surface area contributed by atoms with Crippen LogP contribution >= 0.6 is 11.6 Å². The summed E-state index contributed by atoms with van der Waals surface area (Å²) in [6, 6.07) is 1.71. The van der Waals surface area contributed by atoms with Gasteiger partial charge in [0, 0.05) is 11.6 Å². The lowest BCUT2D eigenvalue weighted by molar-refractivity contribution is -0.385. The van der Waals surface area contributed by atoms with E-state index in [1.807, 2.05) is 0 Å². The zero-order valence-corrected chi connectivity index (χ0v) is 9.66. The van der Waals surface area contributed by atoms with Gasteiger partial charge in [-0.2, -0.15) is 0 Å². The van der Waals surface area contributed by atoms with Crippen LogP contribution in [0.3, 0.4) is 0 Å². The van der Waals surface area contributed by atoms with E-state index in [1.165, 1.54) is 0 Å². The fourth-order valence-corrected chi connectivity index (χ4v) is 1.46. The summed E-state index contributed by atoms with van der Waals surface area (Å²) in [6.07, 6.45) is 0. The number of carbonyl (C=O) groups is 1. The predicted octanol–water partition coefficient (Wildman–Crippen LogP) is 2.65. The lowest BCUT2D eigenvalue weighted by Crippen LogP contribution is -2.09. The summed E-state index contributed by atoms with van der Waals surface area (Å²) >= 11 is 5.45. The van der Waals surface area contributed by atoms with Crippen LogP contribution in [0.1, 0.15) is 22.8 Å². The van der Waals surface area contributed by atoms with Gasteiger partial charge in [0.15, 0.2) is 0 Å². The molecule has 0 radical (unpaired) electrons. The molecule has 0 saturated heterocycles. The SMILES string of the molecule is CCOC(=O)c1cc([N+](=O)[O-])c(CCl)cc1F. The lowest BCUT2D eigenvalue weighted by Gasteiger charge is -2.05. The number of hydrogen-bond donors (Lipinski definition) is 0. The third-order valence-electron chi connectivity index (χ3n) is 2.00. The third kappa shape index (κ3) is 2.91. The van der Waals surface area contributed by atoms with E-state index in [9.17, 15) is 19.3 Å². The minimum Gasteiger partial charge on any atom is -0.462 e. The summed E-state index contributed by atoms with van der Waals surface area (Å²) in [5.41, 5.74) is -0.848. The van der Waals surface area contributed by atoms with Gasteiger partial charge in [-0.1, -0.05) is 0 Å². The Labute approximate surface area is 101 Å². The van der Waals surface area contributed by atoms with E-state index >= 15 is 0 Å². The minimum absolute atomic E-state index is 0.0159. The van der Waals surface area contributed by atoms with Gasteiger partial charge in [-0.25, -0.2) is 9.18 Å². The van der Waals surface area contributed by atoms with Crippen LogP contribution in [0.15, 0.2) is 12.1 Å². The van der Waals surface area contributed by atoms with Crippen LogP contribution in [0, 0.1) is 15.9 Å². The monoisotopic (exact) mass is 261 g/mol. The van der Waals surface area contributed by atoms with Crippen LogP contribution in [0.5, 0.6) is 0 Å². The average molecular weight is 262 g/mol. The number of carbonyl (C=O) groups excluding carboxylic acids is 1. The molecule has 0 bridgehead atoms. The number of halogens is 2. The maximum atomic E-state index is 13.5. The molecule has 0 spiro atoms. The van der Waals surface area contributed by atoms with E-state index in [4.69, 9.17) is 11.6 Å². The molecule has 1 aromatic carbocycles. The maximum absolute atomic E-state index is 13.5. The van der Waals surface area contributed by atoms with E-state index < -0.39 is 28.0 Å². The minimum atomic E-state index is -0.936. The van der Waals surface area contributed by atoms with Crippen LogP contribution in [0.2, 0.25) is 0 Å². The Hall–Kier alpha value is -1.69. The van der Waals surface area contributed by atoms with Crippen molar-refractivity contribution in [1.82, 2.24) is 0 Å². The first-order valence-corrected chi connectivity index (χ1v) is 5.24. The molecule has 5 nitrogen and oxygen atoms in total. The largest absolute Gasteiger partial charge is 0.462 e. The molecule has 0 aliphatic rings. The fourth-order valence-electron chi connectivity index (χ4n) is 1.25. The number of hydrogen-bond acceptors (Lipinski definition) is 4. The van der Waals surface area contributed by atoms with Gasteiger partial charge in [0.25, 0.3) is 5.69 Å². The van der Waals surface area contributed by atoms with E-state index in [1.54, 1.807) is 6.92 Å². The fraction of sp³-hybridized carbons (Fsp3) is 0.300. The molecule has 0 amide bonds. The second-order valence-corrected chi connectivity index (χ2v) is 3.34. The number of nitro benzene ring substituents is 1. The summed E-state index contributed by atoms with van der Waals surface area (Å²) in [5.74, 6) is -2.03. The lowest BCUT2D eigenvalue weighted by atomic mass is 10.1.